The number of methoxy groups -OCH3 is 1. The van der Waals surface area contributed by atoms with E-state index in [1.165, 1.54) is 0 Å². The molecule has 0 saturated carbocycles. The Morgan fingerprint density at radius 3 is 2.78 bits per heavy atom. The largest absolute Gasteiger partial charge is 0.380 e. The number of carbonyl (C=O) groups is 1. The summed E-state index contributed by atoms with van der Waals surface area (Å²) in [5.74, 6) is -0.357. The molecule has 0 saturated heterocycles. The highest BCUT2D eigenvalue weighted by Gasteiger charge is 2.19. The molecule has 0 aliphatic heterocycles. The van der Waals surface area contributed by atoms with E-state index in [-0.39, 0.29) is 11.9 Å². The van der Waals surface area contributed by atoms with Gasteiger partial charge in [0.2, 0.25) is 5.91 Å². The lowest BCUT2D eigenvalue weighted by molar-refractivity contribution is -0.120. The van der Waals surface area contributed by atoms with Gasteiger partial charge in [-0.1, -0.05) is 31.2 Å². The van der Waals surface area contributed by atoms with Crippen molar-refractivity contribution in [2.45, 2.75) is 39.0 Å². The van der Waals surface area contributed by atoms with Crippen molar-refractivity contribution in [3.8, 4) is 0 Å². The summed E-state index contributed by atoms with van der Waals surface area (Å²) in [5.41, 5.74) is 7.38. The zero-order chi connectivity index (χ0) is 13.5. The van der Waals surface area contributed by atoms with Gasteiger partial charge in [-0.05, 0) is 24.5 Å². The summed E-state index contributed by atoms with van der Waals surface area (Å²) in [4.78, 5) is 11.5. The Labute approximate surface area is 109 Å². The quantitative estimate of drug-likeness (QED) is 0.775. The highest BCUT2D eigenvalue weighted by molar-refractivity contribution is 5.81. The average Bonchev–Trinajstić information content (AvgIpc) is 2.36. The SMILES string of the molecule is CCC(C)NC(C(N)=O)c1cccc(COC)c1. The Balaban J connectivity index is 2.91. The van der Waals surface area contributed by atoms with E-state index in [9.17, 15) is 4.79 Å². The highest BCUT2D eigenvalue weighted by Crippen LogP contribution is 2.16. The topological polar surface area (TPSA) is 64.3 Å². The van der Waals surface area contributed by atoms with Crippen LogP contribution in [0.25, 0.3) is 0 Å². The zero-order valence-electron chi connectivity index (χ0n) is 11.3. The van der Waals surface area contributed by atoms with Gasteiger partial charge in [-0.2, -0.15) is 0 Å². The normalized spacial score (nSPS) is 14.2. The fraction of sp³-hybridized carbons (Fsp3) is 0.500. The van der Waals surface area contributed by atoms with Gasteiger partial charge in [0.05, 0.1) is 6.61 Å². The summed E-state index contributed by atoms with van der Waals surface area (Å²) in [6.07, 6.45) is 0.946. The van der Waals surface area contributed by atoms with E-state index >= 15 is 0 Å². The molecule has 100 valence electrons. The van der Waals surface area contributed by atoms with Crippen LogP contribution in [-0.4, -0.2) is 19.1 Å². The van der Waals surface area contributed by atoms with E-state index in [4.69, 9.17) is 10.5 Å². The fourth-order valence-electron chi connectivity index (χ4n) is 1.77. The van der Waals surface area contributed by atoms with Gasteiger partial charge in [-0.15, -0.1) is 0 Å². The molecule has 0 radical (unpaired) electrons. The lowest BCUT2D eigenvalue weighted by Crippen LogP contribution is -2.38. The number of hydrogen-bond acceptors (Lipinski definition) is 3. The second kappa shape index (κ2) is 7.13. The highest BCUT2D eigenvalue weighted by atomic mass is 16.5. The van der Waals surface area contributed by atoms with Crippen LogP contribution in [0.15, 0.2) is 24.3 Å². The molecule has 1 rings (SSSR count). The molecule has 0 bridgehead atoms. The minimum Gasteiger partial charge on any atom is -0.380 e. The monoisotopic (exact) mass is 250 g/mol. The number of nitrogens with two attached hydrogens (primary N) is 1. The van der Waals surface area contributed by atoms with E-state index in [0.29, 0.717) is 6.61 Å². The molecule has 4 nitrogen and oxygen atoms in total. The molecule has 18 heavy (non-hydrogen) atoms. The van der Waals surface area contributed by atoms with Gasteiger partial charge in [0.1, 0.15) is 6.04 Å². The van der Waals surface area contributed by atoms with E-state index in [2.05, 4.69) is 12.2 Å². The van der Waals surface area contributed by atoms with Crippen LogP contribution in [0.5, 0.6) is 0 Å². The van der Waals surface area contributed by atoms with Crippen LogP contribution in [0, 0.1) is 0 Å². The third kappa shape index (κ3) is 4.13. The zero-order valence-corrected chi connectivity index (χ0v) is 11.3. The number of carbonyl (C=O) groups excluding carboxylic acids is 1. The second-order valence-electron chi connectivity index (χ2n) is 4.49. The maximum atomic E-state index is 11.5. The predicted octanol–water partition coefficient (Wildman–Crippen LogP) is 1.75. The molecule has 0 aliphatic carbocycles. The lowest BCUT2D eigenvalue weighted by atomic mass is 10.0. The van der Waals surface area contributed by atoms with Gasteiger partial charge in [0.25, 0.3) is 0 Å². The van der Waals surface area contributed by atoms with Crippen LogP contribution >= 0.6 is 0 Å². The minimum absolute atomic E-state index is 0.244. The van der Waals surface area contributed by atoms with Crippen molar-refractivity contribution in [2.24, 2.45) is 5.73 Å². The number of amides is 1. The average molecular weight is 250 g/mol. The summed E-state index contributed by atoms with van der Waals surface area (Å²) in [6, 6.07) is 7.54. The van der Waals surface area contributed by atoms with E-state index in [0.717, 1.165) is 17.5 Å². The van der Waals surface area contributed by atoms with Gasteiger partial charge in [-0.25, -0.2) is 0 Å². The molecule has 0 spiro atoms. The standard InChI is InChI=1S/C14H22N2O2/c1-4-10(2)16-13(14(15)17)12-7-5-6-11(8-12)9-18-3/h5-8,10,13,16H,4,9H2,1-3H3,(H2,15,17). The smallest absolute Gasteiger partial charge is 0.239 e. The molecular weight excluding hydrogens is 228 g/mol. The van der Waals surface area contributed by atoms with Crippen molar-refractivity contribution in [3.63, 3.8) is 0 Å². The molecule has 2 unspecified atom stereocenters. The van der Waals surface area contributed by atoms with Gasteiger partial charge >= 0.3 is 0 Å². The molecule has 0 aliphatic rings. The number of ether oxygens (including phenoxy) is 1. The van der Waals surface area contributed by atoms with Crippen molar-refractivity contribution in [2.75, 3.05) is 7.11 Å². The van der Waals surface area contributed by atoms with Crippen LogP contribution in [0.4, 0.5) is 0 Å². The molecule has 0 aromatic heterocycles. The second-order valence-corrected chi connectivity index (χ2v) is 4.49. The maximum Gasteiger partial charge on any atom is 0.239 e. The molecular formula is C14H22N2O2. The number of primary amides is 1. The van der Waals surface area contributed by atoms with Crippen molar-refractivity contribution in [3.05, 3.63) is 35.4 Å². The Hall–Kier alpha value is -1.39. The molecule has 1 aromatic rings. The summed E-state index contributed by atoms with van der Waals surface area (Å²) in [5, 5.41) is 3.24. The molecule has 4 heteroatoms. The number of rotatable bonds is 7. The van der Waals surface area contributed by atoms with Crippen molar-refractivity contribution in [1.29, 1.82) is 0 Å². The number of nitrogens with one attached hydrogen (secondary N) is 1. The lowest BCUT2D eigenvalue weighted by Gasteiger charge is -2.20. The first-order valence-electron chi connectivity index (χ1n) is 6.21. The Bertz CT molecular complexity index is 393. The Kier molecular flexibility index (Phi) is 5.82. The van der Waals surface area contributed by atoms with Gasteiger partial charge < -0.3 is 10.5 Å². The molecule has 1 aromatic carbocycles. The summed E-state index contributed by atoms with van der Waals surface area (Å²) in [7, 11) is 1.65. The summed E-state index contributed by atoms with van der Waals surface area (Å²) in [6.45, 7) is 4.63. The van der Waals surface area contributed by atoms with Crippen LogP contribution in [0.3, 0.4) is 0 Å². The maximum absolute atomic E-state index is 11.5. The van der Waals surface area contributed by atoms with Crippen molar-refractivity contribution >= 4 is 5.91 Å². The molecule has 1 amide bonds. The summed E-state index contributed by atoms with van der Waals surface area (Å²) < 4.78 is 5.09. The van der Waals surface area contributed by atoms with Gasteiger partial charge in [-0.3, -0.25) is 10.1 Å². The van der Waals surface area contributed by atoms with Gasteiger partial charge in [0.15, 0.2) is 0 Å². The van der Waals surface area contributed by atoms with Crippen molar-refractivity contribution in [1.82, 2.24) is 5.32 Å². The third-order valence-electron chi connectivity index (χ3n) is 2.94. The van der Waals surface area contributed by atoms with Crippen molar-refractivity contribution < 1.29 is 9.53 Å². The number of hydrogen-bond donors (Lipinski definition) is 2. The predicted molar refractivity (Wildman–Crippen MR) is 72.0 cm³/mol. The minimum atomic E-state index is -0.447. The van der Waals surface area contributed by atoms with Crippen LogP contribution in [-0.2, 0) is 16.1 Å². The molecule has 0 heterocycles. The first-order valence-corrected chi connectivity index (χ1v) is 6.21. The van der Waals surface area contributed by atoms with Crippen LogP contribution in [0.1, 0.15) is 37.4 Å². The van der Waals surface area contributed by atoms with E-state index in [1.54, 1.807) is 7.11 Å². The molecule has 0 fully saturated rings. The van der Waals surface area contributed by atoms with Gasteiger partial charge in [0, 0.05) is 13.2 Å². The summed E-state index contributed by atoms with van der Waals surface area (Å²) >= 11 is 0. The van der Waals surface area contributed by atoms with Crippen LogP contribution < -0.4 is 11.1 Å². The number of benzene rings is 1. The van der Waals surface area contributed by atoms with E-state index < -0.39 is 6.04 Å². The van der Waals surface area contributed by atoms with E-state index in [1.807, 2.05) is 31.2 Å². The first-order chi connectivity index (χ1) is 8.58. The molecule has 2 atom stereocenters. The Morgan fingerprint density at radius 2 is 2.22 bits per heavy atom. The van der Waals surface area contributed by atoms with Crippen LogP contribution in [0.2, 0.25) is 0 Å². The molecule has 3 N–H and O–H groups in total. The fourth-order valence-corrected chi connectivity index (χ4v) is 1.77. The third-order valence-corrected chi connectivity index (χ3v) is 2.94. The Morgan fingerprint density at radius 1 is 1.50 bits per heavy atom. The first kappa shape index (κ1) is 14.7.